The normalized spacial score (nSPS) is 11.4. The summed E-state index contributed by atoms with van der Waals surface area (Å²) >= 11 is 3.13. The van der Waals surface area contributed by atoms with Gasteiger partial charge in [0.05, 0.1) is 17.1 Å². The molecule has 5 N–H and O–H groups in total. The first-order valence-corrected chi connectivity index (χ1v) is 9.97. The predicted octanol–water partition coefficient (Wildman–Crippen LogP) is 0.676. The van der Waals surface area contributed by atoms with Crippen molar-refractivity contribution in [2.75, 3.05) is 18.4 Å². The Hall–Kier alpha value is -2.18. The number of hydrogen-bond donors (Lipinski definition) is 4. The van der Waals surface area contributed by atoms with Crippen LogP contribution in [0.5, 0.6) is 0 Å². The Bertz CT molecular complexity index is 835. The van der Waals surface area contributed by atoms with Crippen molar-refractivity contribution in [3.63, 3.8) is 0 Å². The second-order valence-corrected chi connectivity index (χ2v) is 8.78. The zero-order chi connectivity index (χ0) is 20.8. The molecule has 0 spiro atoms. The van der Waals surface area contributed by atoms with E-state index in [4.69, 9.17) is 9.88 Å². The number of amides is 3. The van der Waals surface area contributed by atoms with Crippen molar-refractivity contribution >= 4 is 49.5 Å². The summed E-state index contributed by atoms with van der Waals surface area (Å²) in [6.45, 7) is 4.35. The van der Waals surface area contributed by atoms with Crippen LogP contribution in [-0.4, -0.2) is 45.0 Å². The second-order valence-electron chi connectivity index (χ2n) is 6.37. The molecule has 1 aromatic rings. The highest BCUT2D eigenvalue weighted by Crippen LogP contribution is 2.25. The fraction of sp³-hybridized carbons (Fsp3) is 0.400. The molecule has 0 atom stereocenters. The minimum atomic E-state index is -3.86. The molecule has 0 aliphatic rings. The maximum absolute atomic E-state index is 11.9. The number of anilines is 1. The molecule has 10 nitrogen and oxygen atoms in total. The molecule has 0 saturated heterocycles. The van der Waals surface area contributed by atoms with Crippen LogP contribution in [-0.2, 0) is 24.3 Å². The summed E-state index contributed by atoms with van der Waals surface area (Å²) in [5.41, 5.74) is -0.388. The van der Waals surface area contributed by atoms with E-state index >= 15 is 0 Å². The number of carbonyl (C=O) groups excluding carboxylic acids is 3. The van der Waals surface area contributed by atoms with Crippen molar-refractivity contribution in [3.8, 4) is 0 Å². The van der Waals surface area contributed by atoms with E-state index in [2.05, 4.69) is 31.9 Å². The molecule has 1 rings (SSSR count). The topological polar surface area (TPSA) is 157 Å². The minimum absolute atomic E-state index is 0.117. The Kier molecular flexibility index (Phi) is 7.75. The molecule has 0 aliphatic carbocycles. The maximum atomic E-state index is 11.9. The van der Waals surface area contributed by atoms with Crippen LogP contribution >= 0.6 is 15.9 Å². The third-order valence-electron chi connectivity index (χ3n) is 2.78. The van der Waals surface area contributed by atoms with Gasteiger partial charge in [0.15, 0.2) is 0 Å². The number of primary sulfonamides is 1. The minimum Gasteiger partial charge on any atom is -0.444 e. The summed E-state index contributed by atoms with van der Waals surface area (Å²) in [5.74, 6) is -1.13. The first-order valence-electron chi connectivity index (χ1n) is 7.64. The Morgan fingerprint density at radius 1 is 1.11 bits per heavy atom. The summed E-state index contributed by atoms with van der Waals surface area (Å²) < 4.78 is 27.8. The van der Waals surface area contributed by atoms with E-state index in [0.29, 0.717) is 10.2 Å². The molecular weight excluding hydrogens is 444 g/mol. The van der Waals surface area contributed by atoms with Crippen LogP contribution < -0.4 is 21.1 Å². The second kappa shape index (κ2) is 9.15. The van der Waals surface area contributed by atoms with Crippen LogP contribution in [0, 0.1) is 0 Å². The molecule has 150 valence electrons. The summed E-state index contributed by atoms with van der Waals surface area (Å²) in [5, 5.41) is 12.1. The number of carbonyl (C=O) groups is 3. The molecule has 0 saturated carbocycles. The zero-order valence-electron chi connectivity index (χ0n) is 15.0. The Labute approximate surface area is 165 Å². The first kappa shape index (κ1) is 22.9. The van der Waals surface area contributed by atoms with E-state index in [0.717, 1.165) is 0 Å². The lowest BCUT2D eigenvalue weighted by atomic mass is 10.2. The van der Waals surface area contributed by atoms with Gasteiger partial charge in [-0.1, -0.05) is 0 Å². The largest absolute Gasteiger partial charge is 0.444 e. The van der Waals surface area contributed by atoms with E-state index in [1.165, 1.54) is 18.2 Å². The average Bonchev–Trinajstić information content (AvgIpc) is 2.50. The van der Waals surface area contributed by atoms with Crippen molar-refractivity contribution < 1.29 is 27.5 Å². The van der Waals surface area contributed by atoms with Crippen LogP contribution in [0.1, 0.15) is 20.8 Å². The van der Waals surface area contributed by atoms with E-state index < -0.39 is 33.5 Å². The fourth-order valence-corrected chi connectivity index (χ4v) is 2.85. The number of sulfonamides is 1. The van der Waals surface area contributed by atoms with E-state index in [-0.39, 0.29) is 18.0 Å². The van der Waals surface area contributed by atoms with Crippen molar-refractivity contribution in [1.29, 1.82) is 0 Å². The molecule has 0 aromatic heterocycles. The van der Waals surface area contributed by atoms with Crippen LogP contribution in [0.25, 0.3) is 0 Å². The quantitative estimate of drug-likeness (QED) is 0.484. The number of hydrogen-bond acceptors (Lipinski definition) is 6. The molecule has 3 amide bonds. The van der Waals surface area contributed by atoms with E-state index in [9.17, 15) is 22.8 Å². The highest BCUT2D eigenvalue weighted by molar-refractivity contribution is 9.10. The van der Waals surface area contributed by atoms with Gasteiger partial charge in [-0.3, -0.25) is 9.59 Å². The number of nitrogens with two attached hydrogens (primary N) is 1. The molecule has 0 fully saturated rings. The highest BCUT2D eigenvalue weighted by Gasteiger charge is 2.17. The van der Waals surface area contributed by atoms with Crippen LogP contribution in [0.4, 0.5) is 10.5 Å². The lowest BCUT2D eigenvalue weighted by Gasteiger charge is -2.19. The van der Waals surface area contributed by atoms with Gasteiger partial charge in [0, 0.05) is 4.47 Å². The van der Waals surface area contributed by atoms with Crippen molar-refractivity contribution in [3.05, 3.63) is 22.7 Å². The third kappa shape index (κ3) is 8.84. The summed E-state index contributed by atoms with van der Waals surface area (Å²) in [4.78, 5) is 34.8. The summed E-state index contributed by atoms with van der Waals surface area (Å²) in [7, 11) is -3.86. The van der Waals surface area contributed by atoms with Gasteiger partial charge < -0.3 is 20.7 Å². The summed E-state index contributed by atoms with van der Waals surface area (Å²) in [6.07, 6.45) is -0.749. The van der Waals surface area contributed by atoms with Gasteiger partial charge in [-0.25, -0.2) is 18.4 Å². The first-order chi connectivity index (χ1) is 12.3. The molecule has 0 bridgehead atoms. The lowest BCUT2D eigenvalue weighted by Crippen LogP contribution is -2.41. The van der Waals surface area contributed by atoms with Crippen molar-refractivity contribution in [2.45, 2.75) is 31.3 Å². The predicted molar refractivity (Wildman–Crippen MR) is 101 cm³/mol. The average molecular weight is 465 g/mol. The Balaban J connectivity index is 2.47. The number of ether oxygens (including phenoxy) is 1. The molecule has 0 aliphatic heterocycles. The zero-order valence-corrected chi connectivity index (χ0v) is 17.4. The van der Waals surface area contributed by atoms with Crippen molar-refractivity contribution in [1.82, 2.24) is 10.6 Å². The number of benzene rings is 1. The summed E-state index contributed by atoms with van der Waals surface area (Å²) in [6, 6.07) is 3.83. The molecular formula is C15H21BrN4O6S. The van der Waals surface area contributed by atoms with Gasteiger partial charge in [0.25, 0.3) is 0 Å². The molecule has 1 aromatic carbocycles. The van der Waals surface area contributed by atoms with Crippen LogP contribution in [0.15, 0.2) is 27.6 Å². The lowest BCUT2D eigenvalue weighted by molar-refractivity contribution is -0.123. The number of nitrogens with one attached hydrogen (secondary N) is 3. The molecule has 0 unspecified atom stereocenters. The Morgan fingerprint density at radius 2 is 1.70 bits per heavy atom. The molecule has 0 radical (unpaired) electrons. The SMILES string of the molecule is CC(C)(C)OC(=O)NCC(=O)NCC(=O)Nc1ccc(S(N)(=O)=O)cc1Br. The van der Waals surface area contributed by atoms with Gasteiger partial charge in [0.2, 0.25) is 21.8 Å². The highest BCUT2D eigenvalue weighted by atomic mass is 79.9. The third-order valence-corrected chi connectivity index (χ3v) is 4.35. The number of alkyl carbamates (subject to hydrolysis) is 1. The van der Waals surface area contributed by atoms with E-state index in [1.807, 2.05) is 0 Å². The molecule has 0 heterocycles. The maximum Gasteiger partial charge on any atom is 0.408 e. The van der Waals surface area contributed by atoms with Gasteiger partial charge in [-0.05, 0) is 54.9 Å². The van der Waals surface area contributed by atoms with Crippen molar-refractivity contribution in [2.24, 2.45) is 5.14 Å². The van der Waals surface area contributed by atoms with Crippen LogP contribution in [0.3, 0.4) is 0 Å². The number of rotatable bonds is 6. The standard InChI is InChI=1S/C15H21BrN4O6S/c1-15(2,3)26-14(23)19-7-12(21)18-8-13(22)20-11-5-4-9(6-10(11)16)27(17,24)25/h4-6H,7-8H2,1-3H3,(H,18,21)(H,19,23)(H,20,22)(H2,17,24,25). The van der Waals surface area contributed by atoms with Gasteiger partial charge in [-0.2, -0.15) is 0 Å². The van der Waals surface area contributed by atoms with Gasteiger partial charge >= 0.3 is 6.09 Å². The van der Waals surface area contributed by atoms with E-state index in [1.54, 1.807) is 20.8 Å². The monoisotopic (exact) mass is 464 g/mol. The van der Waals surface area contributed by atoms with Crippen LogP contribution in [0.2, 0.25) is 0 Å². The fourth-order valence-electron chi connectivity index (χ4n) is 1.68. The molecule has 27 heavy (non-hydrogen) atoms. The van der Waals surface area contributed by atoms with Gasteiger partial charge in [0.1, 0.15) is 12.1 Å². The Morgan fingerprint density at radius 3 is 2.22 bits per heavy atom. The van der Waals surface area contributed by atoms with Gasteiger partial charge in [-0.15, -0.1) is 0 Å². The smallest absolute Gasteiger partial charge is 0.408 e. The molecule has 12 heteroatoms. The number of halogens is 1.